The molecule has 6 N–H and O–H groups in total. The lowest BCUT2D eigenvalue weighted by atomic mass is 10.1. The van der Waals surface area contributed by atoms with Gasteiger partial charge in [-0.2, -0.15) is 0 Å². The van der Waals surface area contributed by atoms with E-state index in [-0.39, 0.29) is 12.3 Å². The molecular formula is C18H38NO3+. The molecule has 0 saturated carbocycles. The van der Waals surface area contributed by atoms with Crippen molar-refractivity contribution in [1.82, 2.24) is 6.15 Å². The number of aliphatic carboxylic acids is 1. The number of rotatable bonds is 15. The van der Waals surface area contributed by atoms with Gasteiger partial charge in [0.25, 0.3) is 0 Å². The van der Waals surface area contributed by atoms with E-state index < -0.39 is 5.97 Å². The molecule has 0 amide bonds. The fraction of sp³-hybridized carbons (Fsp3) is 0.833. The van der Waals surface area contributed by atoms with E-state index in [0.29, 0.717) is 6.42 Å². The Morgan fingerprint density at radius 2 is 1.59 bits per heavy atom. The van der Waals surface area contributed by atoms with Crippen LogP contribution >= 0.6 is 0 Å². The van der Waals surface area contributed by atoms with Gasteiger partial charge in [-0.05, 0) is 32.1 Å². The fourth-order valence-electron chi connectivity index (χ4n) is 2.36. The maximum atomic E-state index is 10.3. The zero-order valence-electron chi connectivity index (χ0n) is 14.7. The molecule has 22 heavy (non-hydrogen) atoms. The van der Waals surface area contributed by atoms with E-state index in [0.717, 1.165) is 51.4 Å². The number of hydrogen-bond donors (Lipinski definition) is 3. The summed E-state index contributed by atoms with van der Waals surface area (Å²) in [6.07, 6.45) is 17.4. The van der Waals surface area contributed by atoms with E-state index >= 15 is 0 Å². The molecule has 0 aliphatic carbocycles. The lowest BCUT2D eigenvalue weighted by molar-refractivity contribution is -0.137. The summed E-state index contributed by atoms with van der Waals surface area (Å²) in [6.45, 7) is 2.20. The predicted octanol–water partition coefficient (Wildman–Crippen LogP) is 5.46. The quantitative estimate of drug-likeness (QED) is 0.277. The van der Waals surface area contributed by atoms with E-state index in [2.05, 4.69) is 19.1 Å². The highest BCUT2D eigenvalue weighted by Gasteiger charge is 2.00. The third kappa shape index (κ3) is 19.1. The maximum Gasteiger partial charge on any atom is 0.303 e. The Morgan fingerprint density at radius 3 is 2.27 bits per heavy atom. The number of aliphatic hydroxyl groups excluding tert-OH is 1. The SMILES string of the molecule is CCCCCC[C@@H](O)C/C=C/CCCCCCCC(=O)O.[NH4+]. The number of quaternary nitrogens is 1. The first-order valence-electron chi connectivity index (χ1n) is 8.71. The molecule has 0 radical (unpaired) electrons. The van der Waals surface area contributed by atoms with Gasteiger partial charge in [-0.15, -0.1) is 0 Å². The largest absolute Gasteiger partial charge is 0.481 e. The Bertz CT molecular complexity index is 267. The van der Waals surface area contributed by atoms with Gasteiger partial charge < -0.3 is 16.4 Å². The number of allylic oxidation sites excluding steroid dienone is 1. The number of hydrogen-bond acceptors (Lipinski definition) is 2. The van der Waals surface area contributed by atoms with E-state index in [1.807, 2.05) is 0 Å². The van der Waals surface area contributed by atoms with Crippen molar-refractivity contribution in [2.24, 2.45) is 0 Å². The number of unbranched alkanes of at least 4 members (excludes halogenated alkanes) is 8. The van der Waals surface area contributed by atoms with Crippen molar-refractivity contribution in [2.75, 3.05) is 0 Å². The van der Waals surface area contributed by atoms with Crippen molar-refractivity contribution in [1.29, 1.82) is 0 Å². The Balaban J connectivity index is 0. The number of aliphatic hydroxyl groups is 1. The lowest BCUT2D eigenvalue weighted by Crippen LogP contribution is -2.04. The molecule has 0 spiro atoms. The molecule has 0 aromatic rings. The highest BCUT2D eigenvalue weighted by molar-refractivity contribution is 5.66. The second kappa shape index (κ2) is 18.2. The molecule has 0 fully saturated rings. The Morgan fingerprint density at radius 1 is 0.955 bits per heavy atom. The first-order chi connectivity index (χ1) is 10.2. The zero-order chi connectivity index (χ0) is 15.8. The van der Waals surface area contributed by atoms with E-state index in [1.165, 1.54) is 25.7 Å². The molecular weight excluding hydrogens is 278 g/mol. The predicted molar refractivity (Wildman–Crippen MR) is 94.5 cm³/mol. The van der Waals surface area contributed by atoms with E-state index in [1.54, 1.807) is 0 Å². The molecule has 0 aromatic heterocycles. The van der Waals surface area contributed by atoms with Crippen molar-refractivity contribution in [3.05, 3.63) is 12.2 Å². The minimum atomic E-state index is -0.689. The van der Waals surface area contributed by atoms with Crippen molar-refractivity contribution in [2.45, 2.75) is 96.5 Å². The Labute approximate surface area is 136 Å². The average Bonchev–Trinajstić information content (AvgIpc) is 2.45. The van der Waals surface area contributed by atoms with Gasteiger partial charge in [-0.25, -0.2) is 0 Å². The van der Waals surface area contributed by atoms with Crippen LogP contribution in [0.4, 0.5) is 0 Å². The maximum absolute atomic E-state index is 10.3. The van der Waals surface area contributed by atoms with Crippen molar-refractivity contribution in [3.8, 4) is 0 Å². The fourth-order valence-corrected chi connectivity index (χ4v) is 2.36. The Hall–Kier alpha value is -0.870. The second-order valence-electron chi connectivity index (χ2n) is 5.91. The molecule has 0 bridgehead atoms. The van der Waals surface area contributed by atoms with Gasteiger partial charge in [-0.1, -0.05) is 64.0 Å². The first-order valence-corrected chi connectivity index (χ1v) is 8.71. The third-order valence-electron chi connectivity index (χ3n) is 3.73. The van der Waals surface area contributed by atoms with Crippen LogP contribution < -0.4 is 6.15 Å². The highest BCUT2D eigenvalue weighted by Crippen LogP contribution is 2.10. The summed E-state index contributed by atoms with van der Waals surface area (Å²) >= 11 is 0. The summed E-state index contributed by atoms with van der Waals surface area (Å²) in [4.78, 5) is 10.3. The van der Waals surface area contributed by atoms with Crippen molar-refractivity contribution < 1.29 is 15.0 Å². The monoisotopic (exact) mass is 316 g/mol. The minimum absolute atomic E-state index is 0. The summed E-state index contributed by atoms with van der Waals surface area (Å²) in [5, 5.41) is 18.3. The van der Waals surface area contributed by atoms with Crippen LogP contribution in [0.2, 0.25) is 0 Å². The molecule has 0 aromatic carbocycles. The summed E-state index contributed by atoms with van der Waals surface area (Å²) < 4.78 is 0. The van der Waals surface area contributed by atoms with Crippen LogP contribution in [-0.4, -0.2) is 22.3 Å². The van der Waals surface area contributed by atoms with Crippen LogP contribution in [0.3, 0.4) is 0 Å². The summed E-state index contributed by atoms with van der Waals surface area (Å²) in [5.74, 6) is -0.689. The first kappa shape index (κ1) is 23.4. The van der Waals surface area contributed by atoms with Gasteiger partial charge >= 0.3 is 5.97 Å². The lowest BCUT2D eigenvalue weighted by Gasteiger charge is -2.07. The molecule has 0 rings (SSSR count). The van der Waals surface area contributed by atoms with Crippen LogP contribution in [-0.2, 0) is 4.79 Å². The molecule has 0 aliphatic heterocycles. The summed E-state index contributed by atoms with van der Waals surface area (Å²) in [5.41, 5.74) is 0. The number of carbonyl (C=O) groups is 1. The van der Waals surface area contributed by atoms with Crippen LogP contribution in [0.25, 0.3) is 0 Å². The third-order valence-corrected chi connectivity index (χ3v) is 3.73. The highest BCUT2D eigenvalue weighted by atomic mass is 16.4. The van der Waals surface area contributed by atoms with Crippen LogP contribution in [0.5, 0.6) is 0 Å². The van der Waals surface area contributed by atoms with Gasteiger partial charge in [0, 0.05) is 6.42 Å². The number of carboxylic acid groups (broad SMARTS) is 1. The molecule has 0 aliphatic rings. The van der Waals surface area contributed by atoms with Gasteiger partial charge in [-0.3, -0.25) is 4.79 Å². The van der Waals surface area contributed by atoms with Gasteiger partial charge in [0.05, 0.1) is 6.10 Å². The molecule has 0 saturated heterocycles. The summed E-state index contributed by atoms with van der Waals surface area (Å²) in [6, 6.07) is 0. The molecule has 4 heteroatoms. The summed E-state index contributed by atoms with van der Waals surface area (Å²) in [7, 11) is 0. The Kier molecular flexibility index (Phi) is 19.3. The minimum Gasteiger partial charge on any atom is -0.481 e. The van der Waals surface area contributed by atoms with Crippen LogP contribution in [0.15, 0.2) is 12.2 Å². The molecule has 1 atom stereocenters. The van der Waals surface area contributed by atoms with E-state index in [9.17, 15) is 9.90 Å². The molecule has 0 heterocycles. The average molecular weight is 317 g/mol. The second-order valence-corrected chi connectivity index (χ2v) is 5.91. The molecule has 0 unspecified atom stereocenters. The van der Waals surface area contributed by atoms with Gasteiger partial charge in [0.15, 0.2) is 0 Å². The zero-order valence-corrected chi connectivity index (χ0v) is 14.7. The normalized spacial score (nSPS) is 12.3. The van der Waals surface area contributed by atoms with Crippen LogP contribution in [0.1, 0.15) is 90.4 Å². The number of carboxylic acids is 1. The van der Waals surface area contributed by atoms with Crippen molar-refractivity contribution >= 4 is 5.97 Å². The molecule has 132 valence electrons. The smallest absolute Gasteiger partial charge is 0.303 e. The van der Waals surface area contributed by atoms with Gasteiger partial charge in [0.2, 0.25) is 0 Å². The van der Waals surface area contributed by atoms with Crippen LogP contribution in [0, 0.1) is 0 Å². The van der Waals surface area contributed by atoms with Gasteiger partial charge in [0.1, 0.15) is 0 Å². The van der Waals surface area contributed by atoms with Crippen molar-refractivity contribution in [3.63, 3.8) is 0 Å². The van der Waals surface area contributed by atoms with E-state index in [4.69, 9.17) is 5.11 Å². The standard InChI is InChI=1S/C18H34O3.H3N/c1-2-3-4-11-14-17(19)15-12-9-7-5-6-8-10-13-16-18(20)21;/h9,12,17,19H,2-8,10-11,13-16H2,1H3,(H,20,21);1H3/p+1/b12-9+;/t17-;/m1./s1. The molecule has 4 nitrogen and oxygen atoms in total. The topological polar surface area (TPSA) is 94.0 Å².